The summed E-state index contributed by atoms with van der Waals surface area (Å²) in [4.78, 5) is 0. The zero-order valence-electron chi connectivity index (χ0n) is 7.69. The SMILES string of the molecule is COCC(O)CNCc1ccco1. The second kappa shape index (κ2) is 5.75. The van der Waals surface area contributed by atoms with Crippen LogP contribution in [0.15, 0.2) is 22.8 Å². The van der Waals surface area contributed by atoms with E-state index in [-0.39, 0.29) is 0 Å². The van der Waals surface area contributed by atoms with Gasteiger partial charge in [0.2, 0.25) is 0 Å². The molecule has 0 bridgehead atoms. The Hall–Kier alpha value is -0.840. The molecule has 4 heteroatoms. The second-order valence-corrected chi connectivity index (χ2v) is 2.82. The van der Waals surface area contributed by atoms with Gasteiger partial charge >= 0.3 is 0 Å². The van der Waals surface area contributed by atoms with Crippen molar-refractivity contribution in [3.05, 3.63) is 24.2 Å². The van der Waals surface area contributed by atoms with E-state index in [4.69, 9.17) is 9.15 Å². The fourth-order valence-corrected chi connectivity index (χ4v) is 1.03. The van der Waals surface area contributed by atoms with Crippen LogP contribution in [0.3, 0.4) is 0 Å². The molecule has 1 heterocycles. The van der Waals surface area contributed by atoms with Crippen LogP contribution in [0.2, 0.25) is 0 Å². The lowest BCUT2D eigenvalue weighted by molar-refractivity contribution is 0.0641. The highest BCUT2D eigenvalue weighted by atomic mass is 16.5. The number of ether oxygens (including phenoxy) is 1. The van der Waals surface area contributed by atoms with Crippen molar-refractivity contribution >= 4 is 0 Å². The molecular formula is C9H15NO3. The summed E-state index contributed by atoms with van der Waals surface area (Å²) < 4.78 is 9.88. The number of hydrogen-bond donors (Lipinski definition) is 2. The monoisotopic (exact) mass is 185 g/mol. The third-order valence-electron chi connectivity index (χ3n) is 1.62. The fourth-order valence-electron chi connectivity index (χ4n) is 1.03. The van der Waals surface area contributed by atoms with Crippen molar-refractivity contribution in [1.29, 1.82) is 0 Å². The molecule has 0 aromatic carbocycles. The van der Waals surface area contributed by atoms with Gasteiger partial charge in [-0.2, -0.15) is 0 Å². The van der Waals surface area contributed by atoms with Crippen molar-refractivity contribution in [2.24, 2.45) is 0 Å². The van der Waals surface area contributed by atoms with Crippen molar-refractivity contribution < 1.29 is 14.3 Å². The Labute approximate surface area is 77.5 Å². The summed E-state index contributed by atoms with van der Waals surface area (Å²) in [5.74, 6) is 0.865. The van der Waals surface area contributed by atoms with Crippen molar-refractivity contribution in [2.75, 3.05) is 20.3 Å². The summed E-state index contributed by atoms with van der Waals surface area (Å²) in [5, 5.41) is 12.3. The molecule has 0 fully saturated rings. The highest BCUT2D eigenvalue weighted by Crippen LogP contribution is 1.98. The summed E-state index contributed by atoms with van der Waals surface area (Å²) in [5.41, 5.74) is 0. The number of aliphatic hydroxyl groups excluding tert-OH is 1. The normalized spacial score (nSPS) is 13.1. The lowest BCUT2D eigenvalue weighted by atomic mass is 10.3. The van der Waals surface area contributed by atoms with Crippen molar-refractivity contribution in [3.63, 3.8) is 0 Å². The quantitative estimate of drug-likeness (QED) is 0.672. The van der Waals surface area contributed by atoms with Gasteiger partial charge in [-0.1, -0.05) is 0 Å². The zero-order chi connectivity index (χ0) is 9.52. The van der Waals surface area contributed by atoms with Crippen LogP contribution in [0.25, 0.3) is 0 Å². The van der Waals surface area contributed by atoms with E-state index in [0.29, 0.717) is 19.7 Å². The van der Waals surface area contributed by atoms with Crippen LogP contribution in [-0.2, 0) is 11.3 Å². The minimum atomic E-state index is -0.458. The van der Waals surface area contributed by atoms with E-state index in [9.17, 15) is 5.11 Å². The van der Waals surface area contributed by atoms with Gasteiger partial charge in [-0.3, -0.25) is 0 Å². The molecule has 0 radical (unpaired) electrons. The van der Waals surface area contributed by atoms with Gasteiger partial charge < -0.3 is 19.6 Å². The predicted octanol–water partition coefficient (Wildman–Crippen LogP) is 0.376. The van der Waals surface area contributed by atoms with Crippen LogP contribution in [0.1, 0.15) is 5.76 Å². The molecule has 0 amide bonds. The van der Waals surface area contributed by atoms with Crippen LogP contribution < -0.4 is 5.32 Å². The molecule has 0 aliphatic heterocycles. The molecular weight excluding hydrogens is 170 g/mol. The summed E-state index contributed by atoms with van der Waals surface area (Å²) in [6.45, 7) is 1.49. The molecule has 1 unspecified atom stereocenters. The Bertz CT molecular complexity index is 211. The van der Waals surface area contributed by atoms with Crippen molar-refractivity contribution in [1.82, 2.24) is 5.32 Å². The Morgan fingerprint density at radius 1 is 1.69 bits per heavy atom. The van der Waals surface area contributed by atoms with E-state index < -0.39 is 6.10 Å². The van der Waals surface area contributed by atoms with Gasteiger partial charge in [0.15, 0.2) is 0 Å². The van der Waals surface area contributed by atoms with Gasteiger partial charge in [0.05, 0.1) is 25.5 Å². The van der Waals surface area contributed by atoms with Crippen LogP contribution in [-0.4, -0.2) is 31.5 Å². The maximum atomic E-state index is 9.26. The van der Waals surface area contributed by atoms with Crippen LogP contribution >= 0.6 is 0 Å². The first-order valence-electron chi connectivity index (χ1n) is 4.23. The van der Waals surface area contributed by atoms with Crippen LogP contribution in [0.5, 0.6) is 0 Å². The molecule has 1 aromatic heterocycles. The summed E-state index contributed by atoms with van der Waals surface area (Å²) in [6, 6.07) is 3.72. The Kier molecular flexibility index (Phi) is 4.53. The Balaban J connectivity index is 2.07. The molecule has 4 nitrogen and oxygen atoms in total. The van der Waals surface area contributed by atoms with E-state index in [2.05, 4.69) is 5.32 Å². The third-order valence-corrected chi connectivity index (χ3v) is 1.62. The minimum absolute atomic E-state index is 0.352. The fraction of sp³-hybridized carbons (Fsp3) is 0.556. The Morgan fingerprint density at radius 3 is 3.15 bits per heavy atom. The molecule has 0 aliphatic rings. The van der Waals surface area contributed by atoms with E-state index >= 15 is 0 Å². The zero-order valence-corrected chi connectivity index (χ0v) is 7.69. The van der Waals surface area contributed by atoms with Crippen LogP contribution in [0, 0.1) is 0 Å². The van der Waals surface area contributed by atoms with E-state index in [0.717, 1.165) is 5.76 Å². The van der Waals surface area contributed by atoms with Crippen LogP contribution in [0.4, 0.5) is 0 Å². The number of furan rings is 1. The lowest BCUT2D eigenvalue weighted by Gasteiger charge is -2.09. The average Bonchev–Trinajstić information content (AvgIpc) is 2.57. The maximum absolute atomic E-state index is 9.26. The van der Waals surface area contributed by atoms with Gasteiger partial charge in [-0.05, 0) is 12.1 Å². The largest absolute Gasteiger partial charge is 0.468 e. The summed E-state index contributed by atoms with van der Waals surface area (Å²) >= 11 is 0. The molecule has 13 heavy (non-hydrogen) atoms. The number of methoxy groups -OCH3 is 1. The number of aliphatic hydroxyl groups is 1. The lowest BCUT2D eigenvalue weighted by Crippen LogP contribution is -2.29. The molecule has 0 saturated carbocycles. The predicted molar refractivity (Wildman–Crippen MR) is 48.3 cm³/mol. The molecule has 1 aromatic rings. The standard InChI is InChI=1S/C9H15NO3/c1-12-7-8(11)5-10-6-9-3-2-4-13-9/h2-4,8,10-11H,5-7H2,1H3. The number of nitrogens with one attached hydrogen (secondary N) is 1. The molecule has 0 aliphatic carbocycles. The second-order valence-electron chi connectivity index (χ2n) is 2.82. The minimum Gasteiger partial charge on any atom is -0.468 e. The molecule has 2 N–H and O–H groups in total. The summed E-state index contributed by atoms with van der Waals surface area (Å²) in [7, 11) is 1.57. The summed E-state index contributed by atoms with van der Waals surface area (Å²) in [6.07, 6.45) is 1.17. The van der Waals surface area contributed by atoms with Gasteiger partial charge in [-0.15, -0.1) is 0 Å². The van der Waals surface area contributed by atoms with Gasteiger partial charge in [0, 0.05) is 13.7 Å². The molecule has 1 atom stereocenters. The van der Waals surface area contributed by atoms with Gasteiger partial charge in [0.1, 0.15) is 5.76 Å². The van der Waals surface area contributed by atoms with Crippen molar-refractivity contribution in [2.45, 2.75) is 12.6 Å². The smallest absolute Gasteiger partial charge is 0.117 e. The first kappa shape index (κ1) is 10.2. The van der Waals surface area contributed by atoms with E-state index in [1.807, 2.05) is 12.1 Å². The number of hydrogen-bond acceptors (Lipinski definition) is 4. The maximum Gasteiger partial charge on any atom is 0.117 e. The first-order chi connectivity index (χ1) is 6.33. The number of rotatable bonds is 6. The van der Waals surface area contributed by atoms with Crippen molar-refractivity contribution in [3.8, 4) is 0 Å². The van der Waals surface area contributed by atoms with E-state index in [1.54, 1.807) is 13.4 Å². The molecule has 0 saturated heterocycles. The third kappa shape index (κ3) is 4.07. The Morgan fingerprint density at radius 2 is 2.54 bits per heavy atom. The van der Waals surface area contributed by atoms with Gasteiger partial charge in [0.25, 0.3) is 0 Å². The topological polar surface area (TPSA) is 54.6 Å². The highest BCUT2D eigenvalue weighted by molar-refractivity contribution is 4.97. The first-order valence-corrected chi connectivity index (χ1v) is 4.23. The highest BCUT2D eigenvalue weighted by Gasteiger charge is 2.02. The average molecular weight is 185 g/mol. The molecule has 0 spiro atoms. The molecule has 1 rings (SSSR count). The van der Waals surface area contributed by atoms with Gasteiger partial charge in [-0.25, -0.2) is 0 Å². The molecule has 74 valence electrons. The van der Waals surface area contributed by atoms with E-state index in [1.165, 1.54) is 0 Å².